The molecule has 1 heterocycles. The van der Waals surface area contributed by atoms with Gasteiger partial charge < -0.3 is 24.8 Å². The number of nitrogens with zero attached hydrogens (tertiary/aromatic N) is 1. The van der Waals surface area contributed by atoms with Crippen molar-refractivity contribution in [2.45, 2.75) is 32.9 Å². The quantitative estimate of drug-likeness (QED) is 0.363. The van der Waals surface area contributed by atoms with Crippen molar-refractivity contribution in [3.05, 3.63) is 83.7 Å². The summed E-state index contributed by atoms with van der Waals surface area (Å²) < 4.78 is 16.9. The second-order valence-electron chi connectivity index (χ2n) is 7.82. The van der Waals surface area contributed by atoms with Gasteiger partial charge in [-0.05, 0) is 66.1 Å². The summed E-state index contributed by atoms with van der Waals surface area (Å²) in [4.78, 5) is 28.5. The van der Waals surface area contributed by atoms with E-state index in [1.807, 2.05) is 24.3 Å². The summed E-state index contributed by atoms with van der Waals surface area (Å²) in [7, 11) is 1.57. The van der Waals surface area contributed by atoms with Crippen molar-refractivity contribution >= 4 is 11.8 Å². The maximum atomic E-state index is 12.3. The minimum atomic E-state index is -0.322. The summed E-state index contributed by atoms with van der Waals surface area (Å²) in [6.45, 7) is 3.30. The van der Waals surface area contributed by atoms with E-state index in [9.17, 15) is 9.59 Å². The number of pyridine rings is 1. The molecular weight excluding hydrogens is 446 g/mol. The molecule has 0 bridgehead atoms. The van der Waals surface area contributed by atoms with E-state index in [1.54, 1.807) is 49.8 Å². The summed E-state index contributed by atoms with van der Waals surface area (Å²) in [5.41, 5.74) is 2.31. The number of hydrogen-bond acceptors (Lipinski definition) is 6. The van der Waals surface area contributed by atoms with Gasteiger partial charge in [0.2, 0.25) is 5.91 Å². The summed E-state index contributed by atoms with van der Waals surface area (Å²) in [6, 6.07) is 16.1. The molecular formula is C27H31N3O5. The van der Waals surface area contributed by atoms with Crippen molar-refractivity contribution in [2.24, 2.45) is 0 Å². The number of unbranched alkanes of at least 4 members (excludes halogenated alkanes) is 1. The van der Waals surface area contributed by atoms with E-state index in [2.05, 4.69) is 22.5 Å². The fourth-order valence-corrected chi connectivity index (χ4v) is 3.14. The van der Waals surface area contributed by atoms with Gasteiger partial charge in [0, 0.05) is 24.5 Å². The van der Waals surface area contributed by atoms with Crippen LogP contribution in [0.15, 0.2) is 67.0 Å². The zero-order valence-electron chi connectivity index (χ0n) is 20.1. The number of carbonyl (C=O) groups is 2. The maximum absolute atomic E-state index is 12.3. The lowest BCUT2D eigenvalue weighted by Crippen LogP contribution is -2.36. The van der Waals surface area contributed by atoms with Crippen molar-refractivity contribution in [1.29, 1.82) is 0 Å². The Labute approximate surface area is 205 Å². The monoisotopic (exact) mass is 477 g/mol. The van der Waals surface area contributed by atoms with E-state index < -0.39 is 0 Å². The summed E-state index contributed by atoms with van der Waals surface area (Å²) >= 11 is 0. The van der Waals surface area contributed by atoms with Gasteiger partial charge in [-0.2, -0.15) is 0 Å². The molecule has 0 radical (unpaired) electrons. The molecule has 1 aromatic heterocycles. The Morgan fingerprint density at radius 3 is 2.37 bits per heavy atom. The predicted molar refractivity (Wildman–Crippen MR) is 133 cm³/mol. The highest BCUT2D eigenvalue weighted by Gasteiger charge is 2.10. The van der Waals surface area contributed by atoms with Crippen molar-refractivity contribution in [3.8, 4) is 17.2 Å². The highest BCUT2D eigenvalue weighted by atomic mass is 16.5. The minimum Gasteiger partial charge on any atom is -0.494 e. The standard InChI is InChI=1S/C27H31N3O5/c1-3-4-15-34-23-8-6-22(7-9-23)27(32)30-18-26(31)29-17-21-5-10-24(25(16-21)33-2)35-19-20-11-13-28-14-12-20/h5-14,16H,3-4,15,17-19H2,1-2H3,(H,29,31)(H,30,32). The molecule has 0 aliphatic heterocycles. The zero-order chi connectivity index (χ0) is 24.9. The predicted octanol–water partition coefficient (Wildman–Crippen LogP) is 3.89. The van der Waals surface area contributed by atoms with Crippen molar-refractivity contribution in [3.63, 3.8) is 0 Å². The van der Waals surface area contributed by atoms with Crippen LogP contribution in [0.25, 0.3) is 0 Å². The number of amides is 2. The van der Waals surface area contributed by atoms with E-state index in [1.165, 1.54) is 0 Å². The molecule has 2 N–H and O–H groups in total. The fraction of sp³-hybridized carbons (Fsp3) is 0.296. The highest BCUT2D eigenvalue weighted by molar-refractivity contribution is 5.96. The van der Waals surface area contributed by atoms with Crippen molar-refractivity contribution in [1.82, 2.24) is 15.6 Å². The first-order valence-corrected chi connectivity index (χ1v) is 11.6. The second kappa shape index (κ2) is 13.6. The van der Waals surface area contributed by atoms with E-state index in [-0.39, 0.29) is 18.4 Å². The minimum absolute atomic E-state index is 0.127. The fourth-order valence-electron chi connectivity index (χ4n) is 3.14. The normalized spacial score (nSPS) is 10.3. The van der Waals surface area contributed by atoms with Gasteiger partial charge in [-0.3, -0.25) is 14.6 Å². The largest absolute Gasteiger partial charge is 0.494 e. The Morgan fingerprint density at radius 1 is 0.886 bits per heavy atom. The van der Waals surface area contributed by atoms with Gasteiger partial charge in [-0.25, -0.2) is 0 Å². The van der Waals surface area contributed by atoms with Crippen LogP contribution in [0.3, 0.4) is 0 Å². The molecule has 0 saturated heterocycles. The number of benzene rings is 2. The molecule has 0 spiro atoms. The number of nitrogens with one attached hydrogen (secondary N) is 2. The molecule has 0 aliphatic rings. The third kappa shape index (κ3) is 8.33. The topological polar surface area (TPSA) is 98.8 Å². The van der Waals surface area contributed by atoms with Crippen LogP contribution in [0, 0.1) is 0 Å². The number of aromatic nitrogens is 1. The molecule has 0 aliphatic carbocycles. The first-order valence-electron chi connectivity index (χ1n) is 11.6. The lowest BCUT2D eigenvalue weighted by Gasteiger charge is -2.13. The number of methoxy groups -OCH3 is 1. The summed E-state index contributed by atoms with van der Waals surface area (Å²) in [5.74, 6) is 1.28. The third-order valence-electron chi connectivity index (χ3n) is 5.15. The molecule has 35 heavy (non-hydrogen) atoms. The first kappa shape index (κ1) is 25.6. The van der Waals surface area contributed by atoms with Gasteiger partial charge >= 0.3 is 0 Å². The maximum Gasteiger partial charge on any atom is 0.251 e. The number of carbonyl (C=O) groups excluding carboxylic acids is 2. The molecule has 2 amide bonds. The van der Waals surface area contributed by atoms with Crippen LogP contribution in [-0.4, -0.2) is 37.1 Å². The van der Waals surface area contributed by atoms with Crippen LogP contribution in [0.4, 0.5) is 0 Å². The van der Waals surface area contributed by atoms with Crippen LogP contribution in [0.1, 0.15) is 41.3 Å². The van der Waals surface area contributed by atoms with Crippen LogP contribution in [-0.2, 0) is 17.9 Å². The Balaban J connectivity index is 1.43. The molecule has 3 aromatic rings. The molecule has 184 valence electrons. The van der Waals surface area contributed by atoms with Crippen molar-refractivity contribution < 1.29 is 23.8 Å². The zero-order valence-corrected chi connectivity index (χ0v) is 20.1. The molecule has 0 fully saturated rings. The molecule has 0 saturated carbocycles. The number of hydrogen-bond donors (Lipinski definition) is 2. The number of ether oxygens (including phenoxy) is 3. The van der Waals surface area contributed by atoms with E-state index >= 15 is 0 Å². The van der Waals surface area contributed by atoms with Gasteiger partial charge in [0.1, 0.15) is 12.4 Å². The number of rotatable bonds is 13. The average Bonchev–Trinajstić information content (AvgIpc) is 2.90. The Kier molecular flexibility index (Phi) is 9.92. The molecule has 8 nitrogen and oxygen atoms in total. The smallest absolute Gasteiger partial charge is 0.251 e. The lowest BCUT2D eigenvalue weighted by molar-refractivity contribution is -0.120. The molecule has 0 unspecified atom stereocenters. The van der Waals surface area contributed by atoms with Crippen LogP contribution < -0.4 is 24.8 Å². The third-order valence-corrected chi connectivity index (χ3v) is 5.15. The van der Waals surface area contributed by atoms with Gasteiger partial charge in [0.25, 0.3) is 5.91 Å². The summed E-state index contributed by atoms with van der Waals surface area (Å²) in [6.07, 6.45) is 5.46. The Bertz CT molecular complexity index is 1090. The molecule has 3 rings (SSSR count). The van der Waals surface area contributed by atoms with Crippen LogP contribution in [0.5, 0.6) is 17.2 Å². The summed E-state index contributed by atoms with van der Waals surface area (Å²) in [5, 5.41) is 5.43. The van der Waals surface area contributed by atoms with Gasteiger partial charge in [-0.1, -0.05) is 19.4 Å². The molecule has 2 aromatic carbocycles. The Morgan fingerprint density at radius 2 is 1.66 bits per heavy atom. The molecule has 0 atom stereocenters. The van der Waals surface area contributed by atoms with Crippen LogP contribution in [0.2, 0.25) is 0 Å². The van der Waals surface area contributed by atoms with Gasteiger partial charge in [0.05, 0.1) is 20.3 Å². The van der Waals surface area contributed by atoms with Crippen LogP contribution >= 0.6 is 0 Å². The van der Waals surface area contributed by atoms with Gasteiger partial charge in [-0.15, -0.1) is 0 Å². The Hall–Kier alpha value is -4.07. The SMILES string of the molecule is CCCCOc1ccc(C(=O)NCC(=O)NCc2ccc(OCc3ccncc3)c(OC)c2)cc1. The highest BCUT2D eigenvalue weighted by Crippen LogP contribution is 2.28. The van der Waals surface area contributed by atoms with Gasteiger partial charge in [0.15, 0.2) is 11.5 Å². The second-order valence-corrected chi connectivity index (χ2v) is 7.82. The average molecular weight is 478 g/mol. The van der Waals surface area contributed by atoms with E-state index in [0.717, 1.165) is 29.7 Å². The molecule has 8 heteroatoms. The van der Waals surface area contributed by atoms with E-state index in [0.29, 0.717) is 36.8 Å². The van der Waals surface area contributed by atoms with E-state index in [4.69, 9.17) is 14.2 Å². The van der Waals surface area contributed by atoms with Crippen molar-refractivity contribution in [2.75, 3.05) is 20.3 Å². The first-order chi connectivity index (χ1) is 17.1. The lowest BCUT2D eigenvalue weighted by atomic mass is 10.2.